The van der Waals surface area contributed by atoms with Gasteiger partial charge >= 0.3 is 6.09 Å². The van der Waals surface area contributed by atoms with E-state index in [1.165, 1.54) is 11.1 Å². The van der Waals surface area contributed by atoms with Crippen LogP contribution in [0.3, 0.4) is 0 Å². The van der Waals surface area contributed by atoms with Gasteiger partial charge in [-0.15, -0.1) is 0 Å². The molecule has 0 spiro atoms. The molecule has 2 aromatic rings. The summed E-state index contributed by atoms with van der Waals surface area (Å²) in [6.45, 7) is 15.2. The number of furan rings is 1. The maximum atomic E-state index is 13.9. The van der Waals surface area contributed by atoms with Crippen molar-refractivity contribution in [2.24, 2.45) is 11.7 Å². The predicted octanol–water partition coefficient (Wildman–Crippen LogP) is 3.46. The molecule has 3 amide bonds. The molecule has 0 radical (unpaired) electrons. The molecule has 11 nitrogen and oxygen atoms in total. The first kappa shape index (κ1) is 29.6. The van der Waals surface area contributed by atoms with Crippen LogP contribution in [-0.2, 0) is 21.5 Å². The quantitative estimate of drug-likeness (QED) is 0.434. The van der Waals surface area contributed by atoms with Crippen molar-refractivity contribution in [3.05, 3.63) is 41.7 Å². The molecule has 1 atom stereocenters. The number of nitrogens with one attached hydrogen (secondary N) is 2. The van der Waals surface area contributed by atoms with Crippen LogP contribution in [0.15, 0.2) is 29.0 Å². The van der Waals surface area contributed by atoms with Crippen molar-refractivity contribution in [3.8, 4) is 0 Å². The van der Waals surface area contributed by atoms with E-state index in [4.69, 9.17) is 14.9 Å². The van der Waals surface area contributed by atoms with Gasteiger partial charge in [0.1, 0.15) is 34.6 Å². The van der Waals surface area contributed by atoms with E-state index < -0.39 is 29.6 Å². The Morgan fingerprint density at radius 1 is 1.16 bits per heavy atom. The molecular formula is C26H40N6O5. The molecule has 0 aliphatic carbocycles. The van der Waals surface area contributed by atoms with E-state index in [0.717, 1.165) is 0 Å². The summed E-state index contributed by atoms with van der Waals surface area (Å²) in [4.78, 5) is 49.0. The molecule has 11 heteroatoms. The number of alkyl carbamates (subject to hydrolysis) is 1. The standard InChI is InChI=1S/C26H40N6O5/c1-16(2)15-32(19(20(27)33)14-30-24(35)37-26(6,7)8)22(34)18-13-29-23(25(3,4)5)31-21(18)28-12-17-10-9-11-36-17/h9-11,13,16,19H,12,14-15H2,1-8H3,(H2,27,33)(H,30,35)(H,28,29,31)/t19-/m0/s1. The number of carbonyl (C=O) groups is 3. The fraction of sp³-hybridized carbons (Fsp3) is 0.577. The number of rotatable bonds is 10. The van der Waals surface area contributed by atoms with Gasteiger partial charge in [-0.25, -0.2) is 14.8 Å². The Morgan fingerprint density at radius 3 is 2.35 bits per heavy atom. The Hall–Kier alpha value is -3.63. The predicted molar refractivity (Wildman–Crippen MR) is 140 cm³/mol. The average Bonchev–Trinajstić information content (AvgIpc) is 3.27. The fourth-order valence-electron chi connectivity index (χ4n) is 3.38. The van der Waals surface area contributed by atoms with E-state index in [0.29, 0.717) is 17.4 Å². The lowest BCUT2D eigenvalue weighted by Crippen LogP contribution is -2.55. The Kier molecular flexibility index (Phi) is 9.66. The second-order valence-corrected chi connectivity index (χ2v) is 11.3. The molecule has 4 N–H and O–H groups in total. The van der Waals surface area contributed by atoms with Gasteiger partial charge in [-0.1, -0.05) is 34.6 Å². The second kappa shape index (κ2) is 12.1. The number of nitrogens with two attached hydrogens (primary N) is 1. The van der Waals surface area contributed by atoms with Crippen LogP contribution in [0.1, 0.15) is 77.3 Å². The van der Waals surface area contributed by atoms with E-state index in [2.05, 4.69) is 20.6 Å². The van der Waals surface area contributed by atoms with Gasteiger partial charge in [-0.05, 0) is 38.8 Å². The second-order valence-electron chi connectivity index (χ2n) is 11.3. The van der Waals surface area contributed by atoms with Crippen molar-refractivity contribution in [1.82, 2.24) is 20.2 Å². The Bertz CT molecular complexity index is 1070. The van der Waals surface area contributed by atoms with Gasteiger partial charge in [0, 0.05) is 18.2 Å². The monoisotopic (exact) mass is 516 g/mol. The van der Waals surface area contributed by atoms with Gasteiger partial charge < -0.3 is 30.4 Å². The van der Waals surface area contributed by atoms with Gasteiger partial charge in [0.15, 0.2) is 0 Å². The zero-order valence-corrected chi connectivity index (χ0v) is 23.0. The Labute approximate surface area is 218 Å². The van der Waals surface area contributed by atoms with Gasteiger partial charge in [0.25, 0.3) is 5.91 Å². The molecule has 0 aliphatic heterocycles. The topological polar surface area (TPSA) is 153 Å². The molecule has 0 fully saturated rings. The van der Waals surface area contributed by atoms with Crippen LogP contribution in [0.5, 0.6) is 0 Å². The van der Waals surface area contributed by atoms with Crippen molar-refractivity contribution in [1.29, 1.82) is 0 Å². The van der Waals surface area contributed by atoms with Crippen molar-refractivity contribution < 1.29 is 23.5 Å². The Morgan fingerprint density at radius 2 is 1.84 bits per heavy atom. The summed E-state index contributed by atoms with van der Waals surface area (Å²) in [5, 5.41) is 5.72. The number of hydrogen-bond acceptors (Lipinski definition) is 8. The normalized spacial score (nSPS) is 12.7. The maximum absolute atomic E-state index is 13.9. The Balaban J connectivity index is 2.42. The molecule has 0 saturated carbocycles. The molecule has 204 valence electrons. The minimum atomic E-state index is -1.12. The van der Waals surface area contributed by atoms with E-state index >= 15 is 0 Å². The molecule has 0 aromatic carbocycles. The summed E-state index contributed by atoms with van der Waals surface area (Å²) in [6.07, 6.45) is 2.30. The first-order valence-electron chi connectivity index (χ1n) is 12.3. The molecule has 0 unspecified atom stereocenters. The van der Waals surface area contributed by atoms with E-state index in [9.17, 15) is 14.4 Å². The highest BCUT2D eigenvalue weighted by Crippen LogP contribution is 2.24. The zero-order valence-electron chi connectivity index (χ0n) is 23.0. The highest BCUT2D eigenvalue weighted by molar-refractivity contribution is 6.01. The van der Waals surface area contributed by atoms with Gasteiger partial charge in [-0.3, -0.25) is 9.59 Å². The summed E-state index contributed by atoms with van der Waals surface area (Å²) in [6, 6.07) is 2.45. The fourth-order valence-corrected chi connectivity index (χ4v) is 3.38. The number of aromatic nitrogens is 2. The number of primary amides is 1. The molecule has 37 heavy (non-hydrogen) atoms. The molecular weight excluding hydrogens is 476 g/mol. The summed E-state index contributed by atoms with van der Waals surface area (Å²) < 4.78 is 10.7. The van der Waals surface area contributed by atoms with E-state index in [-0.39, 0.29) is 36.5 Å². The maximum Gasteiger partial charge on any atom is 0.407 e. The van der Waals surface area contributed by atoms with Crippen LogP contribution in [0.2, 0.25) is 0 Å². The van der Waals surface area contributed by atoms with Crippen molar-refractivity contribution >= 4 is 23.7 Å². The summed E-state index contributed by atoms with van der Waals surface area (Å²) >= 11 is 0. The van der Waals surface area contributed by atoms with Crippen LogP contribution < -0.4 is 16.4 Å². The number of nitrogens with zero attached hydrogens (tertiary/aromatic N) is 3. The van der Waals surface area contributed by atoms with Crippen LogP contribution in [0.4, 0.5) is 10.6 Å². The van der Waals surface area contributed by atoms with E-state index in [1.54, 1.807) is 39.2 Å². The molecule has 2 rings (SSSR count). The first-order valence-corrected chi connectivity index (χ1v) is 12.3. The summed E-state index contributed by atoms with van der Waals surface area (Å²) in [5.74, 6) is 0.248. The third-order valence-corrected chi connectivity index (χ3v) is 5.07. The lowest BCUT2D eigenvalue weighted by Gasteiger charge is -2.32. The number of hydrogen-bond donors (Lipinski definition) is 3. The molecule has 0 saturated heterocycles. The lowest BCUT2D eigenvalue weighted by atomic mass is 9.95. The third kappa shape index (κ3) is 9.07. The van der Waals surface area contributed by atoms with Crippen LogP contribution in [0.25, 0.3) is 0 Å². The van der Waals surface area contributed by atoms with Gasteiger partial charge in [0.05, 0.1) is 19.4 Å². The minimum absolute atomic E-state index is 0.00150. The van der Waals surface area contributed by atoms with E-state index in [1.807, 2.05) is 34.6 Å². The largest absolute Gasteiger partial charge is 0.467 e. The summed E-state index contributed by atoms with van der Waals surface area (Å²) in [5.41, 5.74) is 4.78. The molecule has 0 aliphatic rings. The van der Waals surface area contributed by atoms with Crippen LogP contribution in [0, 0.1) is 5.92 Å². The number of ether oxygens (including phenoxy) is 1. The minimum Gasteiger partial charge on any atom is -0.467 e. The summed E-state index contributed by atoms with van der Waals surface area (Å²) in [7, 11) is 0. The average molecular weight is 517 g/mol. The smallest absolute Gasteiger partial charge is 0.407 e. The third-order valence-electron chi connectivity index (χ3n) is 5.07. The number of anilines is 1. The van der Waals surface area contributed by atoms with Gasteiger partial charge in [0.2, 0.25) is 5.91 Å². The molecule has 2 aromatic heterocycles. The SMILES string of the molecule is CC(C)CN(C(=O)c1cnc(C(C)(C)C)nc1NCc1ccco1)[C@@H](CNC(=O)OC(C)(C)C)C(N)=O. The van der Waals surface area contributed by atoms with Crippen molar-refractivity contribution in [3.63, 3.8) is 0 Å². The van der Waals surface area contributed by atoms with Crippen LogP contribution in [-0.4, -0.2) is 57.5 Å². The lowest BCUT2D eigenvalue weighted by molar-refractivity contribution is -0.122. The molecule has 2 heterocycles. The first-order chi connectivity index (χ1) is 17.1. The van der Waals surface area contributed by atoms with Crippen molar-refractivity contribution in [2.45, 2.75) is 79.0 Å². The van der Waals surface area contributed by atoms with Crippen molar-refractivity contribution in [2.75, 3.05) is 18.4 Å². The number of amides is 3. The van der Waals surface area contributed by atoms with Gasteiger partial charge in [-0.2, -0.15) is 0 Å². The van der Waals surface area contributed by atoms with Crippen LogP contribution >= 0.6 is 0 Å². The zero-order chi connectivity index (χ0) is 28.0. The molecule has 0 bridgehead atoms. The number of carbonyl (C=O) groups excluding carboxylic acids is 3. The highest BCUT2D eigenvalue weighted by Gasteiger charge is 2.33. The highest BCUT2D eigenvalue weighted by atomic mass is 16.6.